The minimum atomic E-state index is -0.984. The number of carboxylic acid groups (broad SMARTS) is 1. The van der Waals surface area contributed by atoms with Crippen molar-refractivity contribution in [1.29, 1.82) is 0 Å². The van der Waals surface area contributed by atoms with Gasteiger partial charge in [0, 0.05) is 12.1 Å². The van der Waals surface area contributed by atoms with Gasteiger partial charge in [-0.3, -0.25) is 0 Å². The number of hydrogen-bond donors (Lipinski definition) is 3. The van der Waals surface area contributed by atoms with Crippen molar-refractivity contribution in [3.8, 4) is 0 Å². The molecule has 0 aromatic heterocycles. The average Bonchev–Trinajstić information content (AvgIpc) is 2.54. The molecule has 2 rings (SSSR count). The second-order valence-electron chi connectivity index (χ2n) is 5.86. The van der Waals surface area contributed by atoms with E-state index in [0.29, 0.717) is 6.42 Å². The van der Waals surface area contributed by atoms with E-state index in [0.717, 1.165) is 24.8 Å². The largest absolute Gasteiger partial charge is 0.465 e. The zero-order valence-electron chi connectivity index (χ0n) is 13.6. The molecule has 0 fully saturated rings. The number of carbonyl (C=O) groups is 1. The molecule has 0 heterocycles. The Morgan fingerprint density at radius 2 is 1.42 bits per heavy atom. The number of rotatable bonds is 8. The van der Waals surface area contributed by atoms with Gasteiger partial charge in [-0.05, 0) is 36.8 Å². The highest BCUT2D eigenvalue weighted by Gasteiger charge is 2.14. The highest BCUT2D eigenvalue weighted by molar-refractivity contribution is 5.85. The van der Waals surface area contributed by atoms with Gasteiger partial charge in [-0.25, -0.2) is 4.79 Å². The molecule has 5 heteroatoms. The van der Waals surface area contributed by atoms with Crippen molar-refractivity contribution in [3.63, 3.8) is 0 Å². The van der Waals surface area contributed by atoms with Crippen LogP contribution in [0, 0.1) is 0 Å². The van der Waals surface area contributed by atoms with E-state index in [2.05, 4.69) is 17.4 Å². The second-order valence-corrected chi connectivity index (χ2v) is 5.86. The molecule has 4 nitrogen and oxygen atoms in total. The molecule has 0 spiro atoms. The molecule has 24 heavy (non-hydrogen) atoms. The zero-order chi connectivity index (χ0) is 16.5. The SMILES string of the molecule is Cl.N[C@H](CC[C@H](Cc1ccccc1)NC(=O)O)Cc1ccccc1. The highest BCUT2D eigenvalue weighted by Crippen LogP contribution is 2.11. The summed E-state index contributed by atoms with van der Waals surface area (Å²) in [6.45, 7) is 0. The quantitative estimate of drug-likeness (QED) is 0.681. The normalized spacial score (nSPS) is 12.7. The molecule has 0 bridgehead atoms. The number of hydrogen-bond acceptors (Lipinski definition) is 2. The topological polar surface area (TPSA) is 75.3 Å². The summed E-state index contributed by atoms with van der Waals surface area (Å²) in [5, 5.41) is 11.6. The average molecular weight is 349 g/mol. The Bertz CT molecular complexity index is 593. The van der Waals surface area contributed by atoms with Gasteiger partial charge in [-0.2, -0.15) is 0 Å². The van der Waals surface area contributed by atoms with Crippen molar-refractivity contribution in [2.45, 2.75) is 37.8 Å². The Hall–Kier alpha value is -2.04. The molecule has 0 saturated carbocycles. The first-order chi connectivity index (χ1) is 11.1. The van der Waals surface area contributed by atoms with Crippen LogP contribution in [0.5, 0.6) is 0 Å². The fraction of sp³-hybridized carbons (Fsp3) is 0.316. The highest BCUT2D eigenvalue weighted by atomic mass is 35.5. The van der Waals surface area contributed by atoms with E-state index in [1.54, 1.807) is 0 Å². The summed E-state index contributed by atoms with van der Waals surface area (Å²) in [5.74, 6) is 0. The van der Waals surface area contributed by atoms with Gasteiger partial charge in [-0.15, -0.1) is 12.4 Å². The van der Waals surface area contributed by atoms with E-state index in [1.807, 2.05) is 48.5 Å². The van der Waals surface area contributed by atoms with Gasteiger partial charge in [-0.1, -0.05) is 60.7 Å². The lowest BCUT2D eigenvalue weighted by Crippen LogP contribution is -2.37. The van der Waals surface area contributed by atoms with Gasteiger partial charge < -0.3 is 16.2 Å². The van der Waals surface area contributed by atoms with Gasteiger partial charge in [0.25, 0.3) is 0 Å². The molecule has 130 valence electrons. The summed E-state index contributed by atoms with van der Waals surface area (Å²) in [6.07, 6.45) is 2.03. The molecular formula is C19H25ClN2O2. The Morgan fingerprint density at radius 1 is 0.917 bits per heavy atom. The summed E-state index contributed by atoms with van der Waals surface area (Å²) in [5.41, 5.74) is 8.54. The third kappa shape index (κ3) is 7.49. The summed E-state index contributed by atoms with van der Waals surface area (Å²) in [7, 11) is 0. The van der Waals surface area contributed by atoms with Crippen molar-refractivity contribution in [1.82, 2.24) is 5.32 Å². The van der Waals surface area contributed by atoms with Crippen LogP contribution in [-0.2, 0) is 12.8 Å². The molecule has 0 radical (unpaired) electrons. The second kappa shape index (κ2) is 10.7. The van der Waals surface area contributed by atoms with Crippen molar-refractivity contribution in [2.24, 2.45) is 5.73 Å². The molecule has 4 N–H and O–H groups in total. The first-order valence-corrected chi connectivity index (χ1v) is 7.96. The van der Waals surface area contributed by atoms with E-state index < -0.39 is 6.09 Å². The fourth-order valence-electron chi connectivity index (χ4n) is 2.73. The van der Waals surface area contributed by atoms with Crippen molar-refractivity contribution in [3.05, 3.63) is 71.8 Å². The van der Waals surface area contributed by atoms with Gasteiger partial charge in [0.15, 0.2) is 0 Å². The molecule has 0 aliphatic rings. The molecule has 0 unspecified atom stereocenters. The standard InChI is InChI=1S/C19H24N2O2.ClH/c20-17(13-15-7-3-1-4-8-15)11-12-18(21-19(22)23)14-16-9-5-2-6-10-16;/h1-10,17-18,21H,11-14,20H2,(H,22,23);1H/t17-,18-;/m1./s1. The monoisotopic (exact) mass is 348 g/mol. The van der Waals surface area contributed by atoms with Crippen LogP contribution < -0.4 is 11.1 Å². The lowest BCUT2D eigenvalue weighted by molar-refractivity contribution is 0.188. The Balaban J connectivity index is 0.00000288. The van der Waals surface area contributed by atoms with Crippen molar-refractivity contribution < 1.29 is 9.90 Å². The predicted octanol–water partition coefficient (Wildman–Crippen LogP) is 3.64. The molecular weight excluding hydrogens is 324 g/mol. The fourth-order valence-corrected chi connectivity index (χ4v) is 2.73. The molecule has 1 amide bonds. The van der Waals surface area contributed by atoms with Crippen LogP contribution in [-0.4, -0.2) is 23.3 Å². The molecule has 0 aliphatic carbocycles. The maximum absolute atomic E-state index is 11.0. The van der Waals surface area contributed by atoms with Crippen LogP contribution in [0.2, 0.25) is 0 Å². The molecule has 0 saturated heterocycles. The van der Waals surface area contributed by atoms with Crippen molar-refractivity contribution in [2.75, 3.05) is 0 Å². The molecule has 2 aromatic rings. The minimum Gasteiger partial charge on any atom is -0.465 e. The van der Waals surface area contributed by atoms with Gasteiger partial charge in [0.05, 0.1) is 0 Å². The van der Waals surface area contributed by atoms with Crippen molar-refractivity contribution >= 4 is 18.5 Å². The number of benzene rings is 2. The molecule has 2 atom stereocenters. The van der Waals surface area contributed by atoms with E-state index in [-0.39, 0.29) is 24.5 Å². The summed E-state index contributed by atoms with van der Waals surface area (Å²) in [6, 6.07) is 20.0. The summed E-state index contributed by atoms with van der Waals surface area (Å²) < 4.78 is 0. The van der Waals surface area contributed by atoms with Crippen LogP contribution in [0.3, 0.4) is 0 Å². The van der Waals surface area contributed by atoms with Gasteiger partial charge in [0.2, 0.25) is 0 Å². The summed E-state index contributed by atoms with van der Waals surface area (Å²) >= 11 is 0. The third-order valence-corrected chi connectivity index (χ3v) is 3.88. The van der Waals surface area contributed by atoms with E-state index >= 15 is 0 Å². The minimum absolute atomic E-state index is 0. The first-order valence-electron chi connectivity index (χ1n) is 7.96. The molecule has 0 aliphatic heterocycles. The Morgan fingerprint density at radius 3 is 1.92 bits per heavy atom. The van der Waals surface area contributed by atoms with Crippen LogP contribution in [0.4, 0.5) is 4.79 Å². The Labute approximate surface area is 149 Å². The van der Waals surface area contributed by atoms with Crippen LogP contribution in [0.1, 0.15) is 24.0 Å². The zero-order valence-corrected chi connectivity index (χ0v) is 14.4. The lowest BCUT2D eigenvalue weighted by Gasteiger charge is -2.19. The van der Waals surface area contributed by atoms with E-state index in [1.165, 1.54) is 5.56 Å². The predicted molar refractivity (Wildman–Crippen MR) is 99.7 cm³/mol. The maximum atomic E-state index is 11.0. The van der Waals surface area contributed by atoms with Crippen LogP contribution in [0.25, 0.3) is 0 Å². The van der Waals surface area contributed by atoms with Crippen LogP contribution >= 0.6 is 12.4 Å². The number of nitrogens with two attached hydrogens (primary N) is 1. The number of amides is 1. The van der Waals surface area contributed by atoms with E-state index in [4.69, 9.17) is 10.8 Å². The first kappa shape index (κ1) is 20.0. The number of halogens is 1. The lowest BCUT2D eigenvalue weighted by atomic mass is 9.96. The number of nitrogens with one attached hydrogen (secondary N) is 1. The summed E-state index contributed by atoms with van der Waals surface area (Å²) in [4.78, 5) is 11.0. The van der Waals surface area contributed by atoms with E-state index in [9.17, 15) is 4.79 Å². The maximum Gasteiger partial charge on any atom is 0.404 e. The third-order valence-electron chi connectivity index (χ3n) is 3.88. The smallest absolute Gasteiger partial charge is 0.404 e. The Kier molecular flexibility index (Phi) is 8.90. The van der Waals surface area contributed by atoms with Crippen LogP contribution in [0.15, 0.2) is 60.7 Å². The van der Waals surface area contributed by atoms with Gasteiger partial charge in [0.1, 0.15) is 0 Å². The van der Waals surface area contributed by atoms with Gasteiger partial charge >= 0.3 is 6.09 Å². The molecule has 2 aromatic carbocycles.